The highest BCUT2D eigenvalue weighted by atomic mass is 16.5. The van der Waals surface area contributed by atoms with E-state index in [-0.39, 0.29) is 5.92 Å². The number of carbonyl (C=O) groups is 1. The lowest BCUT2D eigenvalue weighted by atomic mass is 9.95. The van der Waals surface area contributed by atoms with Gasteiger partial charge >= 0.3 is 0 Å². The smallest absolute Gasteiger partial charge is 0.233 e. The number of aromatic nitrogens is 2. The van der Waals surface area contributed by atoms with Gasteiger partial charge in [0.1, 0.15) is 0 Å². The topological polar surface area (TPSA) is 61.8 Å². The summed E-state index contributed by atoms with van der Waals surface area (Å²) in [5.74, 6) is 1.80. The Hall–Kier alpha value is -2.83. The van der Waals surface area contributed by atoms with Crippen molar-refractivity contribution < 1.29 is 9.53 Å². The molecule has 0 bridgehead atoms. The zero-order chi connectivity index (χ0) is 19.3. The molecule has 1 aromatic carbocycles. The SMILES string of the molecule is COc1ccc(N2CCC(C(=O)N3CCN(c4ccccc4)CC3)CC2)nn1. The Kier molecular flexibility index (Phi) is 5.60. The second-order valence-corrected chi connectivity index (χ2v) is 7.34. The molecule has 3 heterocycles. The molecule has 2 fully saturated rings. The highest BCUT2D eigenvalue weighted by molar-refractivity contribution is 5.79. The van der Waals surface area contributed by atoms with E-state index in [1.807, 2.05) is 23.1 Å². The average molecular weight is 381 g/mol. The molecular formula is C21H27N5O2. The second kappa shape index (κ2) is 8.46. The Bertz CT molecular complexity index is 767. The summed E-state index contributed by atoms with van der Waals surface area (Å²) in [4.78, 5) is 19.6. The first kappa shape index (κ1) is 18.5. The minimum Gasteiger partial charge on any atom is -0.480 e. The first-order valence-corrected chi connectivity index (χ1v) is 9.96. The molecule has 7 heteroatoms. The fourth-order valence-electron chi connectivity index (χ4n) is 4.03. The van der Waals surface area contributed by atoms with Crippen molar-refractivity contribution in [2.45, 2.75) is 12.8 Å². The van der Waals surface area contributed by atoms with Crippen molar-refractivity contribution >= 4 is 17.4 Å². The minimum absolute atomic E-state index is 0.116. The maximum Gasteiger partial charge on any atom is 0.233 e. The number of piperidine rings is 1. The van der Waals surface area contributed by atoms with Gasteiger partial charge in [0.2, 0.25) is 11.8 Å². The van der Waals surface area contributed by atoms with Gasteiger partial charge in [-0.15, -0.1) is 10.2 Å². The van der Waals surface area contributed by atoms with Crippen molar-refractivity contribution in [2.75, 3.05) is 56.2 Å². The van der Waals surface area contributed by atoms with Crippen LogP contribution in [0, 0.1) is 5.92 Å². The van der Waals surface area contributed by atoms with E-state index in [4.69, 9.17) is 4.74 Å². The van der Waals surface area contributed by atoms with Crippen molar-refractivity contribution in [3.8, 4) is 5.88 Å². The fourth-order valence-corrected chi connectivity index (χ4v) is 4.03. The van der Waals surface area contributed by atoms with E-state index < -0.39 is 0 Å². The van der Waals surface area contributed by atoms with Crippen LogP contribution >= 0.6 is 0 Å². The molecule has 2 saturated heterocycles. The normalized spacial score (nSPS) is 18.2. The number of amides is 1. The van der Waals surface area contributed by atoms with Gasteiger partial charge in [0.15, 0.2) is 5.82 Å². The van der Waals surface area contributed by atoms with Crippen LogP contribution in [-0.4, -0.2) is 67.4 Å². The fraction of sp³-hybridized carbons (Fsp3) is 0.476. The largest absolute Gasteiger partial charge is 0.480 e. The second-order valence-electron chi connectivity index (χ2n) is 7.34. The molecule has 7 nitrogen and oxygen atoms in total. The molecule has 0 N–H and O–H groups in total. The van der Waals surface area contributed by atoms with Crippen LogP contribution in [0.4, 0.5) is 11.5 Å². The Labute approximate surface area is 165 Å². The van der Waals surface area contributed by atoms with E-state index in [9.17, 15) is 4.79 Å². The van der Waals surface area contributed by atoms with Crippen molar-refractivity contribution in [3.63, 3.8) is 0 Å². The summed E-state index contributed by atoms with van der Waals surface area (Å²) in [6, 6.07) is 14.2. The zero-order valence-electron chi connectivity index (χ0n) is 16.3. The molecule has 1 amide bonds. The highest BCUT2D eigenvalue weighted by Crippen LogP contribution is 2.25. The molecule has 0 aliphatic carbocycles. The first-order chi connectivity index (χ1) is 13.7. The number of anilines is 2. The number of piperazine rings is 1. The van der Waals surface area contributed by atoms with Gasteiger partial charge < -0.3 is 19.4 Å². The van der Waals surface area contributed by atoms with Crippen LogP contribution < -0.4 is 14.5 Å². The monoisotopic (exact) mass is 381 g/mol. The number of rotatable bonds is 4. The summed E-state index contributed by atoms with van der Waals surface area (Å²) >= 11 is 0. The molecule has 4 rings (SSSR count). The Morgan fingerprint density at radius 2 is 1.61 bits per heavy atom. The van der Waals surface area contributed by atoms with Crippen LogP contribution in [0.25, 0.3) is 0 Å². The average Bonchev–Trinajstić information content (AvgIpc) is 2.79. The van der Waals surface area contributed by atoms with E-state index in [1.54, 1.807) is 7.11 Å². The molecular weight excluding hydrogens is 354 g/mol. The molecule has 2 aromatic rings. The molecule has 0 atom stereocenters. The Morgan fingerprint density at radius 3 is 2.21 bits per heavy atom. The van der Waals surface area contributed by atoms with Crippen molar-refractivity contribution in [2.24, 2.45) is 5.92 Å². The molecule has 2 aliphatic rings. The van der Waals surface area contributed by atoms with Crippen LogP contribution in [0.1, 0.15) is 12.8 Å². The number of hydrogen-bond donors (Lipinski definition) is 0. The Balaban J connectivity index is 1.27. The summed E-state index contributed by atoms with van der Waals surface area (Å²) in [6.07, 6.45) is 1.73. The van der Waals surface area contributed by atoms with E-state index in [0.717, 1.165) is 57.9 Å². The van der Waals surface area contributed by atoms with Crippen LogP contribution in [0.5, 0.6) is 5.88 Å². The number of para-hydroxylation sites is 1. The Morgan fingerprint density at radius 1 is 0.893 bits per heavy atom. The van der Waals surface area contributed by atoms with E-state index in [1.165, 1.54) is 5.69 Å². The van der Waals surface area contributed by atoms with Gasteiger partial charge in [-0.05, 0) is 31.0 Å². The number of carbonyl (C=O) groups excluding carboxylic acids is 1. The predicted molar refractivity (Wildman–Crippen MR) is 109 cm³/mol. The van der Waals surface area contributed by atoms with Gasteiger partial charge in [0.25, 0.3) is 0 Å². The highest BCUT2D eigenvalue weighted by Gasteiger charge is 2.30. The summed E-state index contributed by atoms with van der Waals surface area (Å²) in [5.41, 5.74) is 1.24. The maximum atomic E-state index is 13.0. The number of nitrogens with zero attached hydrogens (tertiary/aromatic N) is 5. The van der Waals surface area contributed by atoms with E-state index >= 15 is 0 Å². The number of hydrogen-bond acceptors (Lipinski definition) is 6. The molecule has 0 unspecified atom stereocenters. The molecule has 28 heavy (non-hydrogen) atoms. The van der Waals surface area contributed by atoms with E-state index in [0.29, 0.717) is 11.8 Å². The van der Waals surface area contributed by atoms with Crippen molar-refractivity contribution in [1.82, 2.24) is 15.1 Å². The predicted octanol–water partition coefficient (Wildman–Crippen LogP) is 2.05. The van der Waals surface area contributed by atoms with E-state index in [2.05, 4.69) is 44.3 Å². The van der Waals surface area contributed by atoms with Crippen LogP contribution in [0.3, 0.4) is 0 Å². The quantitative estimate of drug-likeness (QED) is 0.808. The van der Waals surface area contributed by atoms with Crippen LogP contribution in [-0.2, 0) is 4.79 Å². The number of methoxy groups -OCH3 is 1. The lowest BCUT2D eigenvalue weighted by Gasteiger charge is -2.39. The lowest BCUT2D eigenvalue weighted by molar-refractivity contribution is -0.136. The number of benzene rings is 1. The van der Waals surface area contributed by atoms with Gasteiger partial charge in [0, 0.05) is 56.9 Å². The first-order valence-electron chi connectivity index (χ1n) is 9.96. The third-order valence-electron chi connectivity index (χ3n) is 5.72. The molecule has 0 spiro atoms. The van der Waals surface area contributed by atoms with Crippen LogP contribution in [0.15, 0.2) is 42.5 Å². The van der Waals surface area contributed by atoms with Crippen LogP contribution in [0.2, 0.25) is 0 Å². The summed E-state index contributed by atoms with van der Waals surface area (Å²) in [6.45, 7) is 5.07. The standard InChI is InChI=1S/C21H27N5O2/c1-28-20-8-7-19(22-23-20)25-11-9-17(10-12-25)21(27)26-15-13-24(14-16-26)18-5-3-2-4-6-18/h2-8,17H,9-16H2,1H3. The lowest BCUT2D eigenvalue weighted by Crippen LogP contribution is -2.51. The van der Waals surface area contributed by atoms with Gasteiger partial charge in [-0.1, -0.05) is 18.2 Å². The van der Waals surface area contributed by atoms with Gasteiger partial charge in [-0.2, -0.15) is 0 Å². The van der Waals surface area contributed by atoms with Gasteiger partial charge in [0.05, 0.1) is 7.11 Å². The zero-order valence-corrected chi connectivity index (χ0v) is 16.3. The molecule has 0 saturated carbocycles. The minimum atomic E-state index is 0.116. The molecule has 1 aromatic heterocycles. The van der Waals surface area contributed by atoms with Gasteiger partial charge in [-0.3, -0.25) is 4.79 Å². The molecule has 148 valence electrons. The molecule has 2 aliphatic heterocycles. The maximum absolute atomic E-state index is 13.0. The molecule has 0 radical (unpaired) electrons. The van der Waals surface area contributed by atoms with Crippen molar-refractivity contribution in [1.29, 1.82) is 0 Å². The number of ether oxygens (including phenoxy) is 1. The summed E-state index contributed by atoms with van der Waals surface area (Å²) < 4.78 is 5.06. The third kappa shape index (κ3) is 4.03. The van der Waals surface area contributed by atoms with Crippen molar-refractivity contribution in [3.05, 3.63) is 42.5 Å². The summed E-state index contributed by atoms with van der Waals surface area (Å²) in [7, 11) is 1.58. The van der Waals surface area contributed by atoms with Gasteiger partial charge in [-0.25, -0.2) is 0 Å². The third-order valence-corrected chi connectivity index (χ3v) is 5.72. The summed E-state index contributed by atoms with van der Waals surface area (Å²) in [5, 5.41) is 8.26.